The summed E-state index contributed by atoms with van der Waals surface area (Å²) in [6, 6.07) is 17.2. The molecule has 0 saturated carbocycles. The van der Waals surface area contributed by atoms with Gasteiger partial charge in [-0.15, -0.1) is 0 Å². The van der Waals surface area contributed by atoms with Crippen LogP contribution < -0.4 is 4.90 Å². The maximum Gasteiger partial charge on any atom is 0.240 e. The van der Waals surface area contributed by atoms with E-state index in [0.717, 1.165) is 31.9 Å². The number of halogens is 2. The third-order valence-electron chi connectivity index (χ3n) is 6.88. The summed E-state index contributed by atoms with van der Waals surface area (Å²) in [6.07, 6.45) is 0. The topological polar surface area (TPSA) is 75.2 Å². The molecule has 0 bridgehead atoms. The van der Waals surface area contributed by atoms with Crippen LogP contribution in [0.2, 0.25) is 0 Å². The summed E-state index contributed by atoms with van der Waals surface area (Å²) in [4.78, 5) is 26.4. The molecule has 2 heterocycles. The highest BCUT2D eigenvalue weighted by Gasteiger charge is 2.21. The zero-order chi connectivity index (χ0) is 26.8. The Balaban J connectivity index is 1.45. The lowest BCUT2D eigenvalue weighted by Gasteiger charge is -2.32. The SMILES string of the molecule is CN1CCN(CC(=O)N(C)c2ccc(N=C(c3cccc(F)c3)c3c(O)[nH]c4cc(F)ccc34)cc2)CC1. The first-order valence-electron chi connectivity index (χ1n) is 12.4. The maximum atomic E-state index is 14.2. The van der Waals surface area contributed by atoms with Crippen molar-refractivity contribution in [2.75, 3.05) is 51.7 Å². The van der Waals surface area contributed by atoms with Crippen molar-refractivity contribution in [3.05, 3.63) is 89.5 Å². The molecule has 0 radical (unpaired) electrons. The molecular weight excluding hydrogens is 488 g/mol. The van der Waals surface area contributed by atoms with Gasteiger partial charge in [0.25, 0.3) is 0 Å². The first-order valence-corrected chi connectivity index (χ1v) is 12.4. The van der Waals surface area contributed by atoms with Crippen molar-refractivity contribution in [2.24, 2.45) is 4.99 Å². The van der Waals surface area contributed by atoms with E-state index in [4.69, 9.17) is 4.99 Å². The standard InChI is InChI=1S/C29H29F2N5O2/c1-34-12-14-36(15-13-34)18-26(37)35(2)23-9-7-22(8-10-23)32-28(19-4-3-5-20(30)16-19)27-24-11-6-21(31)17-25(24)33-29(27)38/h3-11,16-17,33,38H,12-15,18H2,1-2H3. The number of anilines is 1. The number of benzene rings is 3. The number of aromatic hydroxyl groups is 1. The van der Waals surface area contributed by atoms with Gasteiger partial charge in [0.05, 0.1) is 29.0 Å². The molecule has 7 nitrogen and oxygen atoms in total. The largest absolute Gasteiger partial charge is 0.494 e. The van der Waals surface area contributed by atoms with Gasteiger partial charge in [0.15, 0.2) is 5.88 Å². The van der Waals surface area contributed by atoms with Crippen LogP contribution in [0, 0.1) is 11.6 Å². The second kappa shape index (κ2) is 10.7. The van der Waals surface area contributed by atoms with Crippen molar-refractivity contribution in [1.29, 1.82) is 0 Å². The molecule has 0 aliphatic carbocycles. The molecule has 1 aliphatic rings. The van der Waals surface area contributed by atoms with E-state index in [0.29, 0.717) is 40.0 Å². The predicted molar refractivity (Wildman–Crippen MR) is 145 cm³/mol. The molecule has 1 fully saturated rings. The maximum absolute atomic E-state index is 14.2. The number of aromatic nitrogens is 1. The van der Waals surface area contributed by atoms with Crippen LogP contribution in [-0.4, -0.2) is 78.3 Å². The zero-order valence-electron chi connectivity index (χ0n) is 21.3. The summed E-state index contributed by atoms with van der Waals surface area (Å²) in [5.74, 6) is -1.09. The van der Waals surface area contributed by atoms with Crippen LogP contribution in [-0.2, 0) is 4.79 Å². The normalized spacial score (nSPS) is 15.2. The van der Waals surface area contributed by atoms with Crippen molar-refractivity contribution in [1.82, 2.24) is 14.8 Å². The number of hydrogen-bond acceptors (Lipinski definition) is 5. The lowest BCUT2D eigenvalue weighted by atomic mass is 10.0. The molecule has 0 atom stereocenters. The van der Waals surface area contributed by atoms with Gasteiger partial charge >= 0.3 is 0 Å². The summed E-state index contributed by atoms with van der Waals surface area (Å²) in [5.41, 5.74) is 2.79. The minimum Gasteiger partial charge on any atom is -0.494 e. The highest BCUT2D eigenvalue weighted by Crippen LogP contribution is 2.32. The molecule has 4 aromatic rings. The Bertz CT molecular complexity index is 1490. The Kier molecular flexibility index (Phi) is 7.22. The monoisotopic (exact) mass is 517 g/mol. The molecular formula is C29H29F2N5O2. The van der Waals surface area contributed by atoms with E-state index in [2.05, 4.69) is 21.8 Å². The number of rotatable bonds is 6. The highest BCUT2D eigenvalue weighted by molar-refractivity contribution is 6.21. The summed E-state index contributed by atoms with van der Waals surface area (Å²) in [7, 11) is 3.83. The molecule has 3 aromatic carbocycles. The van der Waals surface area contributed by atoms with Crippen molar-refractivity contribution < 1.29 is 18.7 Å². The molecule has 1 aromatic heterocycles. The second-order valence-corrected chi connectivity index (χ2v) is 9.56. The lowest BCUT2D eigenvalue weighted by Crippen LogP contribution is -2.48. The molecule has 0 spiro atoms. The van der Waals surface area contributed by atoms with Gasteiger partial charge in [-0.3, -0.25) is 9.69 Å². The Hall–Kier alpha value is -4.08. The number of carbonyl (C=O) groups excluding carboxylic acids is 1. The van der Waals surface area contributed by atoms with E-state index >= 15 is 0 Å². The van der Waals surface area contributed by atoms with E-state index in [9.17, 15) is 18.7 Å². The Labute approximate surface area is 219 Å². The molecule has 1 aliphatic heterocycles. The van der Waals surface area contributed by atoms with Crippen LogP contribution in [0.4, 0.5) is 20.2 Å². The highest BCUT2D eigenvalue weighted by atomic mass is 19.1. The third-order valence-corrected chi connectivity index (χ3v) is 6.88. The molecule has 1 saturated heterocycles. The minimum atomic E-state index is -0.448. The van der Waals surface area contributed by atoms with Gasteiger partial charge in [-0.25, -0.2) is 13.8 Å². The summed E-state index contributed by atoms with van der Waals surface area (Å²) in [6.45, 7) is 3.96. The molecule has 196 valence electrons. The summed E-state index contributed by atoms with van der Waals surface area (Å²) in [5, 5.41) is 11.3. The first-order chi connectivity index (χ1) is 18.3. The number of piperazine rings is 1. The first kappa shape index (κ1) is 25.6. The number of carbonyl (C=O) groups is 1. The quantitative estimate of drug-likeness (QED) is 0.369. The number of nitrogens with zero attached hydrogens (tertiary/aromatic N) is 4. The van der Waals surface area contributed by atoms with Gasteiger partial charge in [0, 0.05) is 49.9 Å². The van der Waals surface area contributed by atoms with Crippen LogP contribution in [0.1, 0.15) is 11.1 Å². The number of H-pyrrole nitrogens is 1. The van der Waals surface area contributed by atoms with Crippen LogP contribution in [0.15, 0.2) is 71.7 Å². The van der Waals surface area contributed by atoms with Gasteiger partial charge in [-0.2, -0.15) is 0 Å². The zero-order valence-corrected chi connectivity index (χ0v) is 21.3. The molecule has 2 N–H and O–H groups in total. The summed E-state index contributed by atoms with van der Waals surface area (Å²) < 4.78 is 28.0. The van der Waals surface area contributed by atoms with Gasteiger partial charge < -0.3 is 19.9 Å². The Morgan fingerprint density at radius 1 is 1.00 bits per heavy atom. The van der Waals surface area contributed by atoms with Crippen molar-refractivity contribution in [2.45, 2.75) is 0 Å². The summed E-state index contributed by atoms with van der Waals surface area (Å²) >= 11 is 0. The molecule has 38 heavy (non-hydrogen) atoms. The Morgan fingerprint density at radius 2 is 1.71 bits per heavy atom. The van der Waals surface area contributed by atoms with Crippen molar-refractivity contribution >= 4 is 33.9 Å². The second-order valence-electron chi connectivity index (χ2n) is 9.56. The minimum absolute atomic E-state index is 0.00204. The third kappa shape index (κ3) is 5.44. The smallest absolute Gasteiger partial charge is 0.240 e. The molecule has 0 unspecified atom stereocenters. The molecule has 9 heteroatoms. The van der Waals surface area contributed by atoms with Crippen molar-refractivity contribution in [3.63, 3.8) is 0 Å². The van der Waals surface area contributed by atoms with Gasteiger partial charge in [-0.1, -0.05) is 12.1 Å². The van der Waals surface area contributed by atoms with E-state index < -0.39 is 11.6 Å². The average molecular weight is 518 g/mol. The predicted octanol–water partition coefficient (Wildman–Crippen LogP) is 4.53. The van der Waals surface area contributed by atoms with Gasteiger partial charge in [0.1, 0.15) is 11.6 Å². The van der Waals surface area contributed by atoms with Crippen LogP contribution in [0.25, 0.3) is 10.9 Å². The molecule has 1 amide bonds. The van der Waals surface area contributed by atoms with E-state index in [1.807, 2.05) is 0 Å². The van der Waals surface area contributed by atoms with E-state index in [1.165, 1.54) is 24.3 Å². The number of nitrogens with one attached hydrogen (secondary N) is 1. The average Bonchev–Trinajstić information content (AvgIpc) is 3.22. The fourth-order valence-electron chi connectivity index (χ4n) is 4.62. The van der Waals surface area contributed by atoms with Crippen LogP contribution in [0.3, 0.4) is 0 Å². The number of aliphatic imine (C=N–C) groups is 1. The number of amides is 1. The van der Waals surface area contributed by atoms with E-state index in [1.54, 1.807) is 54.4 Å². The van der Waals surface area contributed by atoms with Crippen LogP contribution >= 0.6 is 0 Å². The van der Waals surface area contributed by atoms with E-state index in [-0.39, 0.29) is 11.8 Å². The van der Waals surface area contributed by atoms with Crippen LogP contribution in [0.5, 0.6) is 5.88 Å². The fraction of sp³-hybridized carbons (Fsp3) is 0.241. The number of hydrogen-bond donors (Lipinski definition) is 2. The lowest BCUT2D eigenvalue weighted by molar-refractivity contribution is -0.119. The molecule has 5 rings (SSSR count). The van der Waals surface area contributed by atoms with Gasteiger partial charge in [0.2, 0.25) is 5.91 Å². The van der Waals surface area contributed by atoms with Crippen molar-refractivity contribution in [3.8, 4) is 5.88 Å². The number of aromatic amines is 1. The number of fused-ring (bicyclic) bond motifs is 1. The number of likely N-dealkylation sites (N-methyl/N-ethyl adjacent to an activating group) is 2. The fourth-order valence-corrected chi connectivity index (χ4v) is 4.62. The van der Waals surface area contributed by atoms with Gasteiger partial charge in [-0.05, 0) is 61.6 Å². The Morgan fingerprint density at radius 3 is 2.42 bits per heavy atom.